The van der Waals surface area contributed by atoms with E-state index >= 15 is 0 Å². The largest absolute Gasteiger partial charge is 0.324 e. The number of benzene rings is 1. The molecular formula is C12H12BrN3. The summed E-state index contributed by atoms with van der Waals surface area (Å²) < 4.78 is 1.07. The summed E-state index contributed by atoms with van der Waals surface area (Å²) in [6, 6.07) is 8.09. The van der Waals surface area contributed by atoms with Crippen molar-refractivity contribution >= 4 is 15.9 Å². The van der Waals surface area contributed by atoms with Gasteiger partial charge in [0.05, 0.1) is 0 Å². The topological polar surface area (TPSA) is 51.8 Å². The highest BCUT2D eigenvalue weighted by atomic mass is 79.9. The molecule has 0 aliphatic heterocycles. The van der Waals surface area contributed by atoms with Crippen LogP contribution in [0.5, 0.6) is 0 Å². The number of rotatable bonds is 3. The molecule has 1 atom stereocenters. The average molecular weight is 278 g/mol. The Morgan fingerprint density at radius 3 is 2.69 bits per heavy atom. The minimum atomic E-state index is -0.0597. The smallest absolute Gasteiger partial charge is 0.115 e. The van der Waals surface area contributed by atoms with E-state index in [9.17, 15) is 0 Å². The third-order valence-electron chi connectivity index (χ3n) is 2.35. The highest BCUT2D eigenvalue weighted by Gasteiger charge is 2.07. The van der Waals surface area contributed by atoms with Crippen LogP contribution in [0.4, 0.5) is 0 Å². The number of hydrogen-bond donors (Lipinski definition) is 1. The Morgan fingerprint density at radius 1 is 1.25 bits per heavy atom. The molecule has 16 heavy (non-hydrogen) atoms. The molecule has 3 nitrogen and oxygen atoms in total. The van der Waals surface area contributed by atoms with E-state index in [4.69, 9.17) is 5.73 Å². The molecule has 2 aromatic rings. The lowest BCUT2D eigenvalue weighted by atomic mass is 10.0. The number of nitrogens with two attached hydrogens (primary N) is 1. The highest BCUT2D eigenvalue weighted by Crippen LogP contribution is 2.17. The predicted molar refractivity (Wildman–Crippen MR) is 66.8 cm³/mol. The van der Waals surface area contributed by atoms with Gasteiger partial charge in [-0.2, -0.15) is 0 Å². The molecule has 0 aliphatic rings. The molecule has 0 radical (unpaired) electrons. The van der Waals surface area contributed by atoms with Crippen LogP contribution >= 0.6 is 15.9 Å². The number of halogens is 1. The lowest BCUT2D eigenvalue weighted by Crippen LogP contribution is -2.13. The summed E-state index contributed by atoms with van der Waals surface area (Å²) in [5.41, 5.74) is 8.24. The Labute approximate surface area is 103 Å². The second-order valence-electron chi connectivity index (χ2n) is 3.61. The van der Waals surface area contributed by atoms with E-state index in [1.165, 1.54) is 11.9 Å². The summed E-state index contributed by atoms with van der Waals surface area (Å²) in [7, 11) is 0. The van der Waals surface area contributed by atoms with Gasteiger partial charge in [0.2, 0.25) is 0 Å². The monoisotopic (exact) mass is 277 g/mol. The molecule has 1 heterocycles. The van der Waals surface area contributed by atoms with Crippen molar-refractivity contribution in [3.63, 3.8) is 0 Å². The second-order valence-corrected chi connectivity index (χ2v) is 4.53. The van der Waals surface area contributed by atoms with E-state index in [0.29, 0.717) is 0 Å². The van der Waals surface area contributed by atoms with Crippen molar-refractivity contribution in [1.29, 1.82) is 0 Å². The van der Waals surface area contributed by atoms with Gasteiger partial charge in [0.1, 0.15) is 6.33 Å². The van der Waals surface area contributed by atoms with Crippen LogP contribution in [0.1, 0.15) is 17.2 Å². The van der Waals surface area contributed by atoms with Crippen molar-refractivity contribution in [3.8, 4) is 0 Å². The maximum Gasteiger partial charge on any atom is 0.115 e. The highest BCUT2D eigenvalue weighted by molar-refractivity contribution is 9.10. The standard InChI is InChI=1S/C12H12BrN3/c13-11-3-1-2-9(4-11)5-12(14)10-6-15-8-16-7-10/h1-4,6-8,12H,5,14H2. The van der Waals surface area contributed by atoms with Gasteiger partial charge in [-0.3, -0.25) is 0 Å². The van der Waals surface area contributed by atoms with E-state index in [-0.39, 0.29) is 6.04 Å². The summed E-state index contributed by atoms with van der Waals surface area (Å²) in [6.45, 7) is 0. The molecule has 2 rings (SSSR count). The van der Waals surface area contributed by atoms with Gasteiger partial charge in [0.25, 0.3) is 0 Å². The predicted octanol–water partition coefficient (Wildman–Crippen LogP) is 2.48. The zero-order chi connectivity index (χ0) is 11.4. The van der Waals surface area contributed by atoms with E-state index in [1.807, 2.05) is 12.1 Å². The molecule has 0 aliphatic carbocycles. The minimum Gasteiger partial charge on any atom is -0.324 e. The van der Waals surface area contributed by atoms with Crippen molar-refractivity contribution < 1.29 is 0 Å². The summed E-state index contributed by atoms with van der Waals surface area (Å²) in [5, 5.41) is 0. The maximum atomic E-state index is 6.08. The van der Waals surface area contributed by atoms with Gasteiger partial charge in [-0.25, -0.2) is 9.97 Å². The Kier molecular flexibility index (Phi) is 3.64. The quantitative estimate of drug-likeness (QED) is 0.938. The third-order valence-corrected chi connectivity index (χ3v) is 2.85. The van der Waals surface area contributed by atoms with Crippen LogP contribution in [0.2, 0.25) is 0 Å². The number of hydrogen-bond acceptors (Lipinski definition) is 3. The molecule has 4 heteroatoms. The molecule has 0 spiro atoms. The number of nitrogens with zero attached hydrogens (tertiary/aromatic N) is 2. The molecule has 1 aromatic carbocycles. The Morgan fingerprint density at radius 2 is 2.00 bits per heavy atom. The molecule has 0 amide bonds. The van der Waals surface area contributed by atoms with Crippen molar-refractivity contribution in [1.82, 2.24) is 9.97 Å². The summed E-state index contributed by atoms with van der Waals surface area (Å²) in [4.78, 5) is 7.93. The van der Waals surface area contributed by atoms with E-state index in [1.54, 1.807) is 12.4 Å². The van der Waals surface area contributed by atoms with Crippen LogP contribution in [0, 0.1) is 0 Å². The van der Waals surface area contributed by atoms with Crippen LogP contribution in [-0.2, 0) is 6.42 Å². The van der Waals surface area contributed by atoms with Gasteiger partial charge in [-0.05, 0) is 24.1 Å². The zero-order valence-corrected chi connectivity index (χ0v) is 10.3. The molecule has 0 saturated carbocycles. The lowest BCUT2D eigenvalue weighted by molar-refractivity contribution is 0.712. The van der Waals surface area contributed by atoms with E-state index in [2.05, 4.69) is 38.0 Å². The first-order valence-corrected chi connectivity index (χ1v) is 5.80. The van der Waals surface area contributed by atoms with E-state index in [0.717, 1.165) is 16.5 Å². The van der Waals surface area contributed by atoms with Crippen molar-refractivity contribution in [2.24, 2.45) is 5.73 Å². The van der Waals surface area contributed by atoms with Gasteiger partial charge >= 0.3 is 0 Å². The summed E-state index contributed by atoms with van der Waals surface area (Å²) >= 11 is 3.44. The van der Waals surface area contributed by atoms with Crippen LogP contribution in [-0.4, -0.2) is 9.97 Å². The molecule has 1 aromatic heterocycles. The molecule has 0 fully saturated rings. The fraction of sp³-hybridized carbons (Fsp3) is 0.167. The van der Waals surface area contributed by atoms with Gasteiger partial charge < -0.3 is 5.73 Å². The van der Waals surface area contributed by atoms with Crippen LogP contribution < -0.4 is 5.73 Å². The van der Waals surface area contributed by atoms with Gasteiger partial charge in [-0.1, -0.05) is 28.1 Å². The summed E-state index contributed by atoms with van der Waals surface area (Å²) in [6.07, 6.45) is 5.81. The van der Waals surface area contributed by atoms with Gasteiger partial charge in [0, 0.05) is 28.5 Å². The first-order valence-electron chi connectivity index (χ1n) is 5.00. The Balaban J connectivity index is 2.11. The minimum absolute atomic E-state index is 0.0597. The SMILES string of the molecule is NC(Cc1cccc(Br)c1)c1cncnc1. The normalized spacial score (nSPS) is 12.4. The lowest BCUT2D eigenvalue weighted by Gasteiger charge is -2.11. The maximum absolute atomic E-state index is 6.08. The van der Waals surface area contributed by atoms with Crippen molar-refractivity contribution in [2.75, 3.05) is 0 Å². The third kappa shape index (κ3) is 2.87. The van der Waals surface area contributed by atoms with Crippen molar-refractivity contribution in [2.45, 2.75) is 12.5 Å². The average Bonchev–Trinajstić information content (AvgIpc) is 2.30. The van der Waals surface area contributed by atoms with Crippen LogP contribution in [0.3, 0.4) is 0 Å². The van der Waals surface area contributed by atoms with Gasteiger partial charge in [0.15, 0.2) is 0 Å². The molecule has 0 bridgehead atoms. The fourth-order valence-electron chi connectivity index (χ4n) is 1.54. The van der Waals surface area contributed by atoms with Gasteiger partial charge in [-0.15, -0.1) is 0 Å². The second kappa shape index (κ2) is 5.18. The molecule has 1 unspecified atom stereocenters. The Bertz CT molecular complexity index is 459. The summed E-state index contributed by atoms with van der Waals surface area (Å²) in [5.74, 6) is 0. The molecule has 82 valence electrons. The first kappa shape index (κ1) is 11.2. The molecule has 0 saturated heterocycles. The number of aromatic nitrogens is 2. The first-order chi connectivity index (χ1) is 7.75. The van der Waals surface area contributed by atoms with E-state index < -0.39 is 0 Å². The zero-order valence-electron chi connectivity index (χ0n) is 8.68. The Hall–Kier alpha value is -1.26. The fourth-order valence-corrected chi connectivity index (χ4v) is 1.98. The molecule has 2 N–H and O–H groups in total. The van der Waals surface area contributed by atoms with Crippen LogP contribution in [0.15, 0.2) is 47.5 Å². The van der Waals surface area contributed by atoms with Crippen LogP contribution in [0.25, 0.3) is 0 Å². The van der Waals surface area contributed by atoms with Crippen molar-refractivity contribution in [3.05, 3.63) is 58.6 Å². The molecular weight excluding hydrogens is 266 g/mol.